The lowest BCUT2D eigenvalue weighted by molar-refractivity contribution is 0.0684. The molecule has 0 spiro atoms. The number of hydrogen-bond donors (Lipinski definition) is 2. The third-order valence-corrected chi connectivity index (χ3v) is 4.80. The molecule has 9 nitrogen and oxygen atoms in total. The maximum atomic E-state index is 6.44. The molecule has 1 fully saturated rings. The number of H-pyrrole nitrogens is 1. The first kappa shape index (κ1) is 19.6. The molecule has 9 heteroatoms. The number of benzene rings is 1. The molecule has 0 saturated carbocycles. The van der Waals surface area contributed by atoms with E-state index in [1.54, 1.807) is 19.5 Å². The molecule has 3 N–H and O–H groups in total. The summed E-state index contributed by atoms with van der Waals surface area (Å²) in [5.41, 5.74) is 10.0. The molecule has 2 aromatic heterocycles. The van der Waals surface area contributed by atoms with Crippen molar-refractivity contribution >= 4 is 22.4 Å². The lowest BCUT2D eigenvalue weighted by atomic mass is 10.1. The highest BCUT2D eigenvalue weighted by molar-refractivity contribution is 6.02. The number of rotatable bonds is 5. The summed E-state index contributed by atoms with van der Waals surface area (Å²) in [6, 6.07) is 5.87. The fourth-order valence-electron chi connectivity index (χ4n) is 3.28. The van der Waals surface area contributed by atoms with E-state index in [1.807, 2.05) is 24.3 Å². The smallest absolute Gasteiger partial charge is 0.232 e. The molecule has 3 heterocycles. The Morgan fingerprint density at radius 1 is 1.33 bits per heavy atom. The fraction of sp³-hybridized carbons (Fsp3) is 0.238. The van der Waals surface area contributed by atoms with Crippen molar-refractivity contribution in [1.29, 1.82) is 0 Å². The van der Waals surface area contributed by atoms with Crippen LogP contribution < -0.4 is 10.5 Å². The van der Waals surface area contributed by atoms with Crippen molar-refractivity contribution in [2.24, 2.45) is 10.7 Å². The molecular weight excluding hydrogens is 382 g/mol. The van der Waals surface area contributed by atoms with Crippen molar-refractivity contribution in [3.8, 4) is 17.1 Å². The number of morpholine rings is 1. The van der Waals surface area contributed by atoms with Gasteiger partial charge in [0.2, 0.25) is 5.88 Å². The molecule has 0 radical (unpaired) electrons. The largest absolute Gasteiger partial charge is 0.480 e. The van der Waals surface area contributed by atoms with Crippen LogP contribution in [-0.2, 0) is 4.74 Å². The van der Waals surface area contributed by atoms with Gasteiger partial charge in [-0.1, -0.05) is 12.6 Å². The van der Waals surface area contributed by atoms with Crippen LogP contribution in [0.3, 0.4) is 0 Å². The van der Waals surface area contributed by atoms with Gasteiger partial charge in [-0.05, 0) is 12.1 Å². The van der Waals surface area contributed by atoms with Crippen molar-refractivity contribution < 1.29 is 9.47 Å². The normalized spacial score (nSPS) is 15.4. The molecule has 1 aromatic carbocycles. The summed E-state index contributed by atoms with van der Waals surface area (Å²) in [5, 5.41) is 8.33. The minimum absolute atomic E-state index is 0.454. The molecule has 0 bridgehead atoms. The second-order valence-electron chi connectivity index (χ2n) is 6.65. The van der Waals surface area contributed by atoms with Gasteiger partial charge in [0.05, 0.1) is 49.6 Å². The van der Waals surface area contributed by atoms with E-state index in [-0.39, 0.29) is 0 Å². The van der Waals surface area contributed by atoms with Gasteiger partial charge in [0.25, 0.3) is 0 Å². The first-order chi connectivity index (χ1) is 14.7. The number of fused-ring (bicyclic) bond motifs is 1. The summed E-state index contributed by atoms with van der Waals surface area (Å²) >= 11 is 0. The average Bonchev–Trinajstić information content (AvgIpc) is 3.23. The lowest BCUT2D eigenvalue weighted by Crippen LogP contribution is -2.40. The van der Waals surface area contributed by atoms with Crippen LogP contribution >= 0.6 is 0 Å². The second-order valence-corrected chi connectivity index (χ2v) is 6.65. The number of hydrogen-bond acceptors (Lipinski definition) is 7. The topological polar surface area (TPSA) is 115 Å². The Balaban J connectivity index is 1.71. The Kier molecular flexibility index (Phi) is 5.71. The van der Waals surface area contributed by atoms with Gasteiger partial charge >= 0.3 is 0 Å². The van der Waals surface area contributed by atoms with Crippen molar-refractivity contribution in [3.63, 3.8) is 0 Å². The lowest BCUT2D eigenvalue weighted by Gasteiger charge is -2.28. The third-order valence-electron chi connectivity index (χ3n) is 4.80. The predicted octanol–water partition coefficient (Wildman–Crippen LogP) is 2.20. The van der Waals surface area contributed by atoms with E-state index in [2.05, 4.69) is 36.6 Å². The van der Waals surface area contributed by atoms with Gasteiger partial charge in [-0.25, -0.2) is 9.98 Å². The quantitative estimate of drug-likeness (QED) is 0.494. The van der Waals surface area contributed by atoms with E-state index in [9.17, 15) is 0 Å². The number of nitrogens with zero attached hydrogens (tertiary/aromatic N) is 5. The maximum Gasteiger partial charge on any atom is 0.232 e. The molecule has 0 amide bonds. The Hall–Kier alpha value is -3.72. The highest BCUT2D eigenvalue weighted by Crippen LogP contribution is 2.27. The Morgan fingerprint density at radius 2 is 2.17 bits per heavy atom. The summed E-state index contributed by atoms with van der Waals surface area (Å²) in [5.74, 6) is 1.19. The molecule has 0 aliphatic carbocycles. The zero-order valence-electron chi connectivity index (χ0n) is 16.7. The molecule has 0 atom stereocenters. The van der Waals surface area contributed by atoms with Crippen LogP contribution in [0.1, 0.15) is 5.69 Å². The van der Waals surface area contributed by atoms with Crippen LogP contribution in [0.4, 0.5) is 0 Å². The summed E-state index contributed by atoms with van der Waals surface area (Å²) in [7, 11) is 1.56. The van der Waals surface area contributed by atoms with Crippen LogP contribution in [0.15, 0.2) is 54.4 Å². The SMILES string of the molecule is C=CN=C(/C=C(\N)c1n[nH]c2ccc(-c3cncc(OC)n3)cc12)N1CCOCC1. The molecule has 30 heavy (non-hydrogen) atoms. The zero-order chi connectivity index (χ0) is 20.9. The van der Waals surface area contributed by atoms with Crippen molar-refractivity contribution in [1.82, 2.24) is 25.1 Å². The van der Waals surface area contributed by atoms with E-state index in [1.165, 1.54) is 6.20 Å². The minimum atomic E-state index is 0.454. The van der Waals surface area contributed by atoms with Crippen LogP contribution in [0.5, 0.6) is 5.88 Å². The van der Waals surface area contributed by atoms with E-state index < -0.39 is 0 Å². The first-order valence-corrected chi connectivity index (χ1v) is 9.53. The third kappa shape index (κ3) is 4.01. The fourth-order valence-corrected chi connectivity index (χ4v) is 3.28. The van der Waals surface area contributed by atoms with Crippen molar-refractivity contribution in [3.05, 3.63) is 55.1 Å². The second kappa shape index (κ2) is 8.75. The number of aromatic nitrogens is 4. The highest BCUT2D eigenvalue weighted by atomic mass is 16.5. The summed E-state index contributed by atoms with van der Waals surface area (Å²) in [6.07, 6.45) is 6.59. The molecule has 1 saturated heterocycles. The van der Waals surface area contributed by atoms with Gasteiger partial charge in [-0.2, -0.15) is 5.10 Å². The first-order valence-electron chi connectivity index (χ1n) is 9.53. The van der Waals surface area contributed by atoms with Crippen molar-refractivity contribution in [2.75, 3.05) is 33.4 Å². The van der Waals surface area contributed by atoms with E-state index in [4.69, 9.17) is 15.2 Å². The van der Waals surface area contributed by atoms with Crippen LogP contribution in [0.2, 0.25) is 0 Å². The van der Waals surface area contributed by atoms with Crippen LogP contribution in [0, 0.1) is 0 Å². The minimum Gasteiger partial charge on any atom is -0.480 e. The highest BCUT2D eigenvalue weighted by Gasteiger charge is 2.16. The van der Waals surface area contributed by atoms with Gasteiger partial charge in [0.15, 0.2) is 0 Å². The molecule has 1 aliphatic rings. The molecular formula is C21H23N7O2. The zero-order valence-corrected chi connectivity index (χ0v) is 16.7. The van der Waals surface area contributed by atoms with Gasteiger partial charge in [0.1, 0.15) is 11.5 Å². The molecule has 3 aromatic rings. The standard InChI is InChI=1S/C21H23N7O2/c1-3-24-19(28-6-8-30-9-7-28)11-16(22)21-15-10-14(4-5-17(15)26-27-21)18-12-23-13-20(25-18)29-2/h3-5,10-13H,1,6-9,22H2,2H3,(H,26,27)/b16-11-,24-19?. The number of aromatic amines is 1. The van der Waals surface area contributed by atoms with E-state index in [0.717, 1.165) is 35.4 Å². The monoisotopic (exact) mass is 405 g/mol. The van der Waals surface area contributed by atoms with E-state index >= 15 is 0 Å². The van der Waals surface area contributed by atoms with Crippen LogP contribution in [-0.4, -0.2) is 64.3 Å². The van der Waals surface area contributed by atoms with Crippen molar-refractivity contribution in [2.45, 2.75) is 0 Å². The molecule has 0 unspecified atom stereocenters. The summed E-state index contributed by atoms with van der Waals surface area (Å²) in [4.78, 5) is 15.1. The van der Waals surface area contributed by atoms with Gasteiger partial charge in [0, 0.05) is 36.3 Å². The Labute approximate surface area is 173 Å². The van der Waals surface area contributed by atoms with Gasteiger partial charge < -0.3 is 20.1 Å². The summed E-state index contributed by atoms with van der Waals surface area (Å²) < 4.78 is 10.6. The number of aliphatic imine (C=N–C) groups is 1. The molecule has 154 valence electrons. The number of methoxy groups -OCH3 is 1. The molecule has 1 aliphatic heterocycles. The number of nitrogens with two attached hydrogens (primary N) is 1. The van der Waals surface area contributed by atoms with Crippen LogP contribution in [0.25, 0.3) is 27.9 Å². The van der Waals surface area contributed by atoms with Gasteiger partial charge in [-0.3, -0.25) is 10.1 Å². The summed E-state index contributed by atoms with van der Waals surface area (Å²) in [6.45, 7) is 6.51. The Morgan fingerprint density at radius 3 is 2.93 bits per heavy atom. The molecule has 4 rings (SSSR count). The number of amidine groups is 1. The average molecular weight is 405 g/mol. The predicted molar refractivity (Wildman–Crippen MR) is 116 cm³/mol. The van der Waals surface area contributed by atoms with Gasteiger partial charge in [-0.15, -0.1) is 0 Å². The number of ether oxygens (including phenoxy) is 2. The van der Waals surface area contributed by atoms with E-state index in [0.29, 0.717) is 36.2 Å². The number of nitrogens with one attached hydrogen (secondary N) is 1. The Bertz CT molecular complexity index is 1110. The maximum absolute atomic E-state index is 6.44.